The first kappa shape index (κ1) is 12.7. The smallest absolute Gasteiger partial charge is 0.337 e. The van der Waals surface area contributed by atoms with E-state index in [4.69, 9.17) is 5.73 Å². The molecule has 4 nitrogen and oxygen atoms in total. The van der Waals surface area contributed by atoms with E-state index in [2.05, 4.69) is 23.4 Å². The zero-order chi connectivity index (χ0) is 10.3. The van der Waals surface area contributed by atoms with E-state index in [1.165, 1.54) is 0 Å². The highest BCUT2D eigenvalue weighted by atomic mass is 32.2. The van der Waals surface area contributed by atoms with E-state index in [9.17, 15) is 9.00 Å². The first-order valence-electron chi connectivity index (χ1n) is 3.69. The summed E-state index contributed by atoms with van der Waals surface area (Å²) in [7, 11) is 0. The topological polar surface area (TPSA) is 69.4 Å². The maximum Gasteiger partial charge on any atom is 0.337 e. The van der Waals surface area contributed by atoms with Crippen molar-refractivity contribution in [2.24, 2.45) is 5.73 Å². The zero-order valence-electron chi connectivity index (χ0n) is 7.14. The Morgan fingerprint density at radius 2 is 2.38 bits per heavy atom. The van der Waals surface area contributed by atoms with Gasteiger partial charge in [0.1, 0.15) is 6.04 Å². The second-order valence-electron chi connectivity index (χ2n) is 2.28. The van der Waals surface area contributed by atoms with Crippen LogP contribution in [0.25, 0.3) is 0 Å². The second-order valence-corrected chi connectivity index (χ2v) is 3.82. The minimum atomic E-state index is -1.61. The van der Waals surface area contributed by atoms with Crippen molar-refractivity contribution in [2.75, 3.05) is 11.5 Å². The van der Waals surface area contributed by atoms with Crippen molar-refractivity contribution in [3.8, 4) is 0 Å². The fourth-order valence-corrected chi connectivity index (χ4v) is 1.35. The molecule has 0 spiro atoms. The lowest BCUT2D eigenvalue weighted by atomic mass is 10.4. The van der Waals surface area contributed by atoms with Crippen molar-refractivity contribution in [1.29, 1.82) is 0 Å². The van der Waals surface area contributed by atoms with Crippen molar-refractivity contribution in [3.63, 3.8) is 0 Å². The van der Waals surface area contributed by atoms with Crippen LogP contribution >= 0.6 is 12.6 Å². The van der Waals surface area contributed by atoms with Crippen molar-refractivity contribution < 1.29 is 13.2 Å². The molecule has 0 amide bonds. The second kappa shape index (κ2) is 7.11. The maximum absolute atomic E-state index is 11.0. The highest BCUT2D eigenvalue weighted by Gasteiger charge is 2.15. The predicted octanol–water partition coefficient (Wildman–Crippen LogP) is 0.0265. The van der Waals surface area contributed by atoms with Crippen LogP contribution in [0.3, 0.4) is 0 Å². The van der Waals surface area contributed by atoms with Crippen LogP contribution in [0, 0.1) is 0 Å². The summed E-state index contributed by atoms with van der Waals surface area (Å²) in [5.41, 5.74) is 5.29. The van der Waals surface area contributed by atoms with Gasteiger partial charge in [-0.3, -0.25) is 0 Å². The van der Waals surface area contributed by atoms with Gasteiger partial charge in [-0.1, -0.05) is 6.08 Å². The number of hydrogen-bond acceptors (Lipinski definition) is 5. The Labute approximate surface area is 85.6 Å². The van der Waals surface area contributed by atoms with Gasteiger partial charge in [0.05, 0.1) is 5.75 Å². The summed E-state index contributed by atoms with van der Waals surface area (Å²) in [5.74, 6) is -0.246. The Morgan fingerprint density at radius 1 is 1.77 bits per heavy atom. The molecule has 0 heterocycles. The van der Waals surface area contributed by atoms with Crippen molar-refractivity contribution in [1.82, 2.24) is 0 Å². The number of hydrogen-bond donors (Lipinski definition) is 2. The largest absolute Gasteiger partial charge is 0.363 e. The van der Waals surface area contributed by atoms with Crippen LogP contribution in [-0.4, -0.2) is 27.7 Å². The van der Waals surface area contributed by atoms with Gasteiger partial charge in [-0.2, -0.15) is 12.6 Å². The van der Waals surface area contributed by atoms with Crippen LogP contribution in [0.2, 0.25) is 0 Å². The Kier molecular flexibility index (Phi) is 6.93. The molecule has 2 atom stereocenters. The molecule has 0 aromatic heterocycles. The monoisotopic (exact) mass is 223 g/mol. The lowest BCUT2D eigenvalue weighted by Crippen LogP contribution is -2.34. The van der Waals surface area contributed by atoms with Gasteiger partial charge < -0.3 is 9.92 Å². The van der Waals surface area contributed by atoms with Crippen LogP contribution in [0.15, 0.2) is 12.7 Å². The molecule has 76 valence electrons. The number of thiol groups is 1. The molecular formula is C7H13NO3S2. The van der Waals surface area contributed by atoms with Gasteiger partial charge in [0.15, 0.2) is 0 Å². The molecule has 13 heavy (non-hydrogen) atoms. The SMILES string of the molecule is C=CCCS(=O)OC(=O)C(N)CS. The van der Waals surface area contributed by atoms with Crippen molar-refractivity contribution in [3.05, 3.63) is 12.7 Å². The molecule has 0 aliphatic heterocycles. The molecule has 2 unspecified atom stereocenters. The van der Waals surface area contributed by atoms with E-state index in [-0.39, 0.29) is 11.5 Å². The molecule has 0 rings (SSSR count). The number of nitrogens with two attached hydrogens (primary N) is 1. The Morgan fingerprint density at radius 3 is 2.85 bits per heavy atom. The number of allylic oxidation sites excluding steroid dienone is 1. The van der Waals surface area contributed by atoms with E-state index >= 15 is 0 Å². The molecule has 6 heteroatoms. The Hall–Kier alpha value is -0.330. The van der Waals surface area contributed by atoms with Crippen LogP contribution < -0.4 is 5.73 Å². The molecule has 0 aliphatic carbocycles. The highest BCUT2D eigenvalue weighted by Crippen LogP contribution is 1.95. The van der Waals surface area contributed by atoms with E-state index in [1.54, 1.807) is 6.08 Å². The van der Waals surface area contributed by atoms with E-state index < -0.39 is 23.1 Å². The van der Waals surface area contributed by atoms with E-state index in [0.29, 0.717) is 6.42 Å². The average Bonchev–Trinajstić information content (AvgIpc) is 2.13. The Balaban J connectivity index is 3.77. The average molecular weight is 223 g/mol. The van der Waals surface area contributed by atoms with Gasteiger partial charge in [0, 0.05) is 5.75 Å². The summed E-state index contributed by atoms with van der Waals surface area (Å²) < 4.78 is 15.5. The summed E-state index contributed by atoms with van der Waals surface area (Å²) in [6.07, 6.45) is 2.14. The summed E-state index contributed by atoms with van der Waals surface area (Å²) in [6, 6.07) is -0.809. The first-order chi connectivity index (χ1) is 6.11. The van der Waals surface area contributed by atoms with Crippen LogP contribution in [0.4, 0.5) is 0 Å². The fraction of sp³-hybridized carbons (Fsp3) is 0.571. The minimum absolute atomic E-state index is 0.178. The molecule has 0 aromatic carbocycles. The van der Waals surface area contributed by atoms with Gasteiger partial charge in [-0.05, 0) is 6.42 Å². The summed E-state index contributed by atoms with van der Waals surface area (Å²) in [6.45, 7) is 3.45. The highest BCUT2D eigenvalue weighted by molar-refractivity contribution is 7.80. The molecular weight excluding hydrogens is 210 g/mol. The third kappa shape index (κ3) is 5.84. The van der Waals surface area contributed by atoms with E-state index in [0.717, 1.165) is 0 Å². The summed E-state index contributed by atoms with van der Waals surface area (Å²) in [5, 5.41) is 0. The minimum Gasteiger partial charge on any atom is -0.363 e. The van der Waals surface area contributed by atoms with Crippen LogP contribution in [0.5, 0.6) is 0 Å². The number of rotatable bonds is 6. The predicted molar refractivity (Wildman–Crippen MR) is 55.7 cm³/mol. The van der Waals surface area contributed by atoms with Gasteiger partial charge in [-0.15, -0.1) is 6.58 Å². The van der Waals surface area contributed by atoms with Crippen molar-refractivity contribution in [2.45, 2.75) is 12.5 Å². The van der Waals surface area contributed by atoms with Gasteiger partial charge in [0.25, 0.3) is 0 Å². The summed E-state index contributed by atoms with van der Waals surface area (Å²) >= 11 is 2.20. The van der Waals surface area contributed by atoms with Gasteiger partial charge in [0.2, 0.25) is 11.1 Å². The molecule has 0 aliphatic rings. The molecule has 0 aromatic rings. The van der Waals surface area contributed by atoms with Gasteiger partial charge >= 0.3 is 5.97 Å². The molecule has 0 fully saturated rings. The van der Waals surface area contributed by atoms with Crippen LogP contribution in [-0.2, 0) is 20.1 Å². The van der Waals surface area contributed by atoms with Crippen molar-refractivity contribution >= 4 is 29.7 Å². The molecule has 0 saturated heterocycles. The quantitative estimate of drug-likeness (QED) is 0.492. The van der Waals surface area contributed by atoms with Crippen LogP contribution in [0.1, 0.15) is 6.42 Å². The normalized spacial score (nSPS) is 14.6. The molecule has 0 radical (unpaired) electrons. The fourth-order valence-electron chi connectivity index (χ4n) is 0.449. The number of carbonyl (C=O) groups is 1. The molecule has 0 saturated carbocycles. The lowest BCUT2D eigenvalue weighted by Gasteiger charge is -2.06. The summed E-state index contributed by atoms with van der Waals surface area (Å²) in [4.78, 5) is 10.9. The lowest BCUT2D eigenvalue weighted by molar-refractivity contribution is -0.134. The zero-order valence-corrected chi connectivity index (χ0v) is 8.85. The third-order valence-electron chi connectivity index (χ3n) is 1.16. The maximum atomic E-state index is 11.0. The Bertz CT molecular complexity index is 208. The first-order valence-corrected chi connectivity index (χ1v) is 5.57. The number of carbonyl (C=O) groups excluding carboxylic acids is 1. The third-order valence-corrected chi connectivity index (χ3v) is 2.48. The van der Waals surface area contributed by atoms with E-state index in [1.807, 2.05) is 0 Å². The standard InChI is InChI=1S/C7H13NO3S2/c1-2-3-4-13(10)11-7(9)6(8)5-12/h2,6,12H,1,3-5,8H2. The molecule has 0 bridgehead atoms. The van der Waals surface area contributed by atoms with Gasteiger partial charge in [-0.25, -0.2) is 9.00 Å². The molecule has 2 N–H and O–H groups in total.